The minimum atomic E-state index is -2.11. The van der Waals surface area contributed by atoms with Crippen LogP contribution in [0.3, 0.4) is 0 Å². The Balaban J connectivity index is 2.68. The summed E-state index contributed by atoms with van der Waals surface area (Å²) in [7, 11) is -2.11. The van der Waals surface area contributed by atoms with E-state index in [0.717, 1.165) is 11.1 Å². The Kier molecular flexibility index (Phi) is 5.15. The van der Waals surface area contributed by atoms with Crippen molar-refractivity contribution in [3.05, 3.63) is 28.8 Å². The summed E-state index contributed by atoms with van der Waals surface area (Å²) >= 11 is 0. The van der Waals surface area contributed by atoms with Crippen molar-refractivity contribution in [1.29, 1.82) is 0 Å². The number of rotatable bonds is 4. The fourth-order valence-corrected chi connectivity index (χ4v) is 2.64. The maximum absolute atomic E-state index is 11.8. The van der Waals surface area contributed by atoms with E-state index in [2.05, 4.69) is 0 Å². The number of benzene rings is 1. The van der Waals surface area contributed by atoms with E-state index in [-0.39, 0.29) is 5.41 Å². The molecule has 3 nitrogen and oxygen atoms in total. The van der Waals surface area contributed by atoms with E-state index in [4.69, 9.17) is 9.05 Å². The van der Waals surface area contributed by atoms with Gasteiger partial charge in [-0.1, -0.05) is 38.5 Å². The van der Waals surface area contributed by atoms with Crippen molar-refractivity contribution in [3.63, 3.8) is 0 Å². The quantitative estimate of drug-likeness (QED) is 0.784. The van der Waals surface area contributed by atoms with Crippen LogP contribution >= 0.6 is 8.60 Å². The van der Waals surface area contributed by atoms with Crippen LogP contribution in [0, 0.1) is 26.2 Å². The van der Waals surface area contributed by atoms with E-state index >= 15 is 0 Å². The Morgan fingerprint density at radius 2 is 1.61 bits per heavy atom. The van der Waals surface area contributed by atoms with Crippen LogP contribution in [0.1, 0.15) is 37.5 Å². The van der Waals surface area contributed by atoms with Crippen LogP contribution < -0.4 is 9.42 Å². The third-order valence-corrected chi connectivity index (χ3v) is 3.05. The summed E-state index contributed by atoms with van der Waals surface area (Å²) in [5.41, 5.74) is 3.11. The van der Waals surface area contributed by atoms with Gasteiger partial charge in [0.1, 0.15) is 14.4 Å². The second kappa shape index (κ2) is 6.01. The van der Waals surface area contributed by atoms with Crippen molar-refractivity contribution in [2.75, 3.05) is 6.61 Å². The van der Waals surface area contributed by atoms with Gasteiger partial charge in [-0.25, -0.2) is 0 Å². The van der Waals surface area contributed by atoms with Crippen molar-refractivity contribution >= 4 is 8.60 Å². The van der Waals surface area contributed by atoms with Crippen LogP contribution in [0.2, 0.25) is 0 Å². The first kappa shape index (κ1) is 15.4. The van der Waals surface area contributed by atoms with E-state index in [0.29, 0.717) is 12.4 Å². The van der Waals surface area contributed by atoms with Gasteiger partial charge < -0.3 is 13.9 Å². The van der Waals surface area contributed by atoms with Crippen LogP contribution in [0.5, 0.6) is 5.75 Å². The summed E-state index contributed by atoms with van der Waals surface area (Å²) in [5.74, 6) is 0.663. The molecule has 0 saturated heterocycles. The third kappa shape index (κ3) is 4.93. The van der Waals surface area contributed by atoms with Gasteiger partial charge in [0.15, 0.2) is 0 Å². The van der Waals surface area contributed by atoms with E-state index < -0.39 is 8.60 Å². The molecule has 1 aromatic carbocycles. The van der Waals surface area contributed by atoms with Gasteiger partial charge in [-0.05, 0) is 37.3 Å². The molecular formula is C14H22O3P-. The first-order valence-electron chi connectivity index (χ1n) is 6.05. The molecule has 0 bridgehead atoms. The van der Waals surface area contributed by atoms with Crippen molar-refractivity contribution in [1.82, 2.24) is 0 Å². The Labute approximate surface area is 111 Å². The van der Waals surface area contributed by atoms with E-state index in [1.165, 1.54) is 5.56 Å². The summed E-state index contributed by atoms with van der Waals surface area (Å²) in [4.78, 5) is 11.8. The molecule has 0 aliphatic heterocycles. The molecule has 0 saturated carbocycles. The Morgan fingerprint density at radius 3 is 2.06 bits per heavy atom. The Morgan fingerprint density at radius 1 is 1.11 bits per heavy atom. The molecule has 1 atom stereocenters. The second-order valence-corrected chi connectivity index (χ2v) is 6.76. The average Bonchev–Trinajstić information content (AvgIpc) is 2.19. The Bertz CT molecular complexity index is 387. The maximum atomic E-state index is 11.8. The van der Waals surface area contributed by atoms with Crippen LogP contribution in [0.25, 0.3) is 0 Å². The van der Waals surface area contributed by atoms with Crippen LogP contribution in [-0.4, -0.2) is 6.61 Å². The highest BCUT2D eigenvalue weighted by Crippen LogP contribution is 2.37. The minimum absolute atomic E-state index is 0.0221. The summed E-state index contributed by atoms with van der Waals surface area (Å²) in [6, 6.07) is 4.02. The van der Waals surface area contributed by atoms with Crippen LogP contribution in [-0.2, 0) is 4.52 Å². The molecule has 102 valence electrons. The molecule has 1 unspecified atom stereocenters. The molecule has 0 aliphatic rings. The fraction of sp³-hybridized carbons (Fsp3) is 0.571. The zero-order valence-electron chi connectivity index (χ0n) is 12.0. The number of hydrogen-bond acceptors (Lipinski definition) is 3. The largest absolute Gasteiger partial charge is 0.776 e. The second-order valence-electron chi connectivity index (χ2n) is 5.88. The molecule has 1 rings (SSSR count). The molecule has 0 heterocycles. The van der Waals surface area contributed by atoms with Gasteiger partial charge in [0.25, 0.3) is 0 Å². The summed E-state index contributed by atoms with van der Waals surface area (Å²) in [5, 5.41) is 0. The summed E-state index contributed by atoms with van der Waals surface area (Å²) in [6.45, 7) is 12.4. The van der Waals surface area contributed by atoms with Crippen LogP contribution in [0.15, 0.2) is 12.1 Å². The zero-order chi connectivity index (χ0) is 13.9. The molecule has 0 amide bonds. The molecule has 0 aromatic heterocycles. The van der Waals surface area contributed by atoms with Gasteiger partial charge in [-0.2, -0.15) is 0 Å². The van der Waals surface area contributed by atoms with Gasteiger partial charge in [0.2, 0.25) is 0 Å². The highest BCUT2D eigenvalue weighted by molar-refractivity contribution is 7.39. The van der Waals surface area contributed by atoms with Gasteiger partial charge in [-0.15, -0.1) is 0 Å². The molecule has 0 N–H and O–H groups in total. The lowest BCUT2D eigenvalue weighted by Crippen LogP contribution is -2.16. The highest BCUT2D eigenvalue weighted by Gasteiger charge is 2.13. The van der Waals surface area contributed by atoms with Crippen molar-refractivity contribution < 1.29 is 13.9 Å². The molecule has 0 aliphatic carbocycles. The van der Waals surface area contributed by atoms with Crippen molar-refractivity contribution in [2.24, 2.45) is 5.41 Å². The summed E-state index contributed by atoms with van der Waals surface area (Å²) in [6.07, 6.45) is 0. The SMILES string of the molecule is Cc1cc(C)c(OP([O-])OCC(C)(C)C)c(C)c1. The lowest BCUT2D eigenvalue weighted by atomic mass is 9.99. The maximum Gasteiger partial charge on any atom is 0.147 e. The van der Waals surface area contributed by atoms with Crippen molar-refractivity contribution in [2.45, 2.75) is 41.5 Å². The monoisotopic (exact) mass is 269 g/mol. The van der Waals surface area contributed by atoms with Crippen LogP contribution in [0.4, 0.5) is 0 Å². The lowest BCUT2D eigenvalue weighted by molar-refractivity contribution is -0.198. The van der Waals surface area contributed by atoms with Gasteiger partial charge in [0.05, 0.1) is 6.61 Å². The predicted octanol–water partition coefficient (Wildman–Crippen LogP) is 3.64. The highest BCUT2D eigenvalue weighted by atomic mass is 31.2. The normalized spacial score (nSPS) is 13.5. The molecule has 4 heteroatoms. The molecule has 0 radical (unpaired) electrons. The first-order chi connectivity index (χ1) is 8.19. The third-order valence-electron chi connectivity index (χ3n) is 2.37. The fourth-order valence-electron chi connectivity index (χ4n) is 1.66. The van der Waals surface area contributed by atoms with E-state index in [1.807, 2.05) is 53.7 Å². The van der Waals surface area contributed by atoms with E-state index in [1.54, 1.807) is 0 Å². The minimum Gasteiger partial charge on any atom is -0.776 e. The smallest absolute Gasteiger partial charge is 0.147 e. The standard InChI is InChI=1S/C14H22O3P/c1-10-7-11(2)13(12(3)8-10)17-18(15)16-9-14(4,5)6/h7-8H,9H2,1-6H3/q-1. The Hall–Kier alpha value is -0.630. The lowest BCUT2D eigenvalue weighted by Gasteiger charge is -2.28. The first-order valence-corrected chi connectivity index (χ1v) is 7.14. The molecule has 1 aromatic rings. The number of aryl methyl sites for hydroxylation is 3. The number of hydrogen-bond donors (Lipinski definition) is 0. The van der Waals surface area contributed by atoms with Gasteiger partial charge in [0, 0.05) is 0 Å². The molecular weight excluding hydrogens is 247 g/mol. The topological polar surface area (TPSA) is 41.5 Å². The zero-order valence-corrected chi connectivity index (χ0v) is 12.9. The predicted molar refractivity (Wildman–Crippen MR) is 73.6 cm³/mol. The van der Waals surface area contributed by atoms with Gasteiger partial charge >= 0.3 is 0 Å². The van der Waals surface area contributed by atoms with E-state index in [9.17, 15) is 4.89 Å². The summed E-state index contributed by atoms with van der Waals surface area (Å²) < 4.78 is 10.7. The average molecular weight is 269 g/mol. The molecule has 0 spiro atoms. The molecule has 18 heavy (non-hydrogen) atoms. The van der Waals surface area contributed by atoms with Gasteiger partial charge in [-0.3, -0.25) is 0 Å². The van der Waals surface area contributed by atoms with Crippen molar-refractivity contribution in [3.8, 4) is 5.75 Å². The molecule has 0 fully saturated rings.